The normalized spacial score (nSPS) is 11.2. The maximum atomic E-state index is 13.1. The van der Waals surface area contributed by atoms with Crippen molar-refractivity contribution in [2.75, 3.05) is 5.43 Å². The Bertz CT molecular complexity index is 1200. The second-order valence-corrected chi connectivity index (χ2v) is 7.49. The molecule has 2 aromatic heterocycles. The predicted molar refractivity (Wildman–Crippen MR) is 120 cm³/mol. The van der Waals surface area contributed by atoms with E-state index in [2.05, 4.69) is 22.7 Å². The Hall–Kier alpha value is -3.38. The highest BCUT2D eigenvalue weighted by atomic mass is 32.2. The van der Waals surface area contributed by atoms with Crippen LogP contribution < -0.4 is 11.0 Å². The second kappa shape index (κ2) is 8.75. The standard InChI is InChI=1S/C23H20N4OS/c1-17-9-8-14-27-21(17)25-22(29-16-18-10-4-2-5-11-18)20(23(27)28)15-24-26-19-12-6-3-7-13-19/h2-15,26H,16H2,1H3/b24-15+. The highest BCUT2D eigenvalue weighted by molar-refractivity contribution is 7.98. The van der Waals surface area contributed by atoms with Crippen molar-refractivity contribution in [1.29, 1.82) is 0 Å². The number of pyridine rings is 1. The van der Waals surface area contributed by atoms with Crippen molar-refractivity contribution < 1.29 is 0 Å². The van der Waals surface area contributed by atoms with Crippen molar-refractivity contribution in [1.82, 2.24) is 9.38 Å². The smallest absolute Gasteiger partial charge is 0.267 e. The van der Waals surface area contributed by atoms with Crippen LogP contribution in [0.4, 0.5) is 5.69 Å². The molecule has 4 rings (SSSR count). The number of hydrazone groups is 1. The molecule has 0 aliphatic heterocycles. The number of fused-ring (bicyclic) bond motifs is 1. The minimum atomic E-state index is -0.132. The Morgan fingerprint density at radius 2 is 1.76 bits per heavy atom. The Balaban J connectivity index is 1.71. The minimum absolute atomic E-state index is 0.132. The Kier molecular flexibility index (Phi) is 5.72. The number of nitrogens with zero attached hydrogens (tertiary/aromatic N) is 3. The van der Waals surface area contributed by atoms with Crippen LogP contribution in [0.15, 0.2) is 93.9 Å². The van der Waals surface area contributed by atoms with E-state index in [1.807, 2.05) is 67.6 Å². The van der Waals surface area contributed by atoms with Crippen LogP contribution in [-0.4, -0.2) is 15.6 Å². The molecule has 0 radical (unpaired) electrons. The molecule has 0 saturated heterocycles. The molecule has 6 heteroatoms. The third-order valence-corrected chi connectivity index (χ3v) is 5.49. The maximum absolute atomic E-state index is 13.1. The summed E-state index contributed by atoms with van der Waals surface area (Å²) >= 11 is 1.54. The molecule has 0 bridgehead atoms. The van der Waals surface area contributed by atoms with E-state index in [4.69, 9.17) is 4.98 Å². The number of nitrogens with one attached hydrogen (secondary N) is 1. The van der Waals surface area contributed by atoms with E-state index in [0.29, 0.717) is 16.2 Å². The fourth-order valence-electron chi connectivity index (χ4n) is 2.92. The lowest BCUT2D eigenvalue weighted by atomic mass is 10.2. The molecule has 0 aliphatic carbocycles. The second-order valence-electron chi connectivity index (χ2n) is 6.53. The van der Waals surface area contributed by atoms with Crippen molar-refractivity contribution in [3.8, 4) is 0 Å². The zero-order chi connectivity index (χ0) is 20.1. The van der Waals surface area contributed by atoms with E-state index < -0.39 is 0 Å². The SMILES string of the molecule is Cc1cccn2c(=O)c(/C=N/Nc3ccccc3)c(SCc3ccccc3)nc12. The summed E-state index contributed by atoms with van der Waals surface area (Å²) in [7, 11) is 0. The van der Waals surface area contributed by atoms with Crippen LogP contribution >= 0.6 is 11.8 Å². The molecular weight excluding hydrogens is 380 g/mol. The molecular formula is C23H20N4OS. The van der Waals surface area contributed by atoms with Gasteiger partial charge in [0.15, 0.2) is 0 Å². The molecule has 144 valence electrons. The van der Waals surface area contributed by atoms with Crippen molar-refractivity contribution in [2.24, 2.45) is 5.10 Å². The largest absolute Gasteiger partial charge is 0.279 e. The first-order valence-electron chi connectivity index (χ1n) is 9.25. The topological polar surface area (TPSA) is 58.8 Å². The van der Waals surface area contributed by atoms with E-state index in [9.17, 15) is 4.79 Å². The van der Waals surface area contributed by atoms with Crippen molar-refractivity contribution >= 4 is 29.3 Å². The van der Waals surface area contributed by atoms with E-state index in [1.165, 1.54) is 5.56 Å². The third kappa shape index (κ3) is 4.38. The zero-order valence-corrected chi connectivity index (χ0v) is 16.8. The summed E-state index contributed by atoms with van der Waals surface area (Å²) in [6, 6.07) is 23.6. The van der Waals surface area contributed by atoms with Gasteiger partial charge in [-0.3, -0.25) is 14.6 Å². The van der Waals surface area contributed by atoms with Gasteiger partial charge >= 0.3 is 0 Å². The molecule has 2 aromatic carbocycles. The Morgan fingerprint density at radius 1 is 1.03 bits per heavy atom. The Labute approximate surface area is 173 Å². The van der Waals surface area contributed by atoms with Crippen LogP contribution in [0.2, 0.25) is 0 Å². The number of anilines is 1. The molecule has 0 fully saturated rings. The van der Waals surface area contributed by atoms with Crippen molar-refractivity contribution in [2.45, 2.75) is 17.7 Å². The Morgan fingerprint density at radius 3 is 2.52 bits per heavy atom. The number of aryl methyl sites for hydroxylation is 1. The summed E-state index contributed by atoms with van der Waals surface area (Å²) in [4.78, 5) is 17.9. The molecule has 29 heavy (non-hydrogen) atoms. The quantitative estimate of drug-likeness (QED) is 0.220. The molecule has 0 unspecified atom stereocenters. The molecule has 0 amide bonds. The average Bonchev–Trinajstić information content (AvgIpc) is 2.76. The number of para-hydroxylation sites is 1. The highest BCUT2D eigenvalue weighted by Crippen LogP contribution is 2.23. The van der Waals surface area contributed by atoms with Gasteiger partial charge in [-0.1, -0.05) is 54.6 Å². The molecule has 4 aromatic rings. The van der Waals surface area contributed by atoms with Crippen LogP contribution in [-0.2, 0) is 5.75 Å². The lowest BCUT2D eigenvalue weighted by Gasteiger charge is -2.09. The molecule has 2 heterocycles. The van der Waals surface area contributed by atoms with Crippen LogP contribution in [0.1, 0.15) is 16.7 Å². The van der Waals surface area contributed by atoms with E-state index in [0.717, 1.165) is 17.0 Å². The summed E-state index contributed by atoms with van der Waals surface area (Å²) in [5.74, 6) is 0.724. The van der Waals surface area contributed by atoms with Gasteiger partial charge in [0.25, 0.3) is 5.56 Å². The zero-order valence-electron chi connectivity index (χ0n) is 15.9. The number of hydrogen-bond donors (Lipinski definition) is 1. The van der Waals surface area contributed by atoms with Gasteiger partial charge < -0.3 is 0 Å². The molecule has 0 atom stereocenters. The van der Waals surface area contributed by atoms with Crippen LogP contribution in [0.3, 0.4) is 0 Å². The fraction of sp³-hybridized carbons (Fsp3) is 0.0870. The fourth-order valence-corrected chi connectivity index (χ4v) is 3.86. The number of rotatable bonds is 6. The van der Waals surface area contributed by atoms with Gasteiger partial charge in [-0.15, -0.1) is 11.8 Å². The van der Waals surface area contributed by atoms with Crippen LogP contribution in [0, 0.1) is 6.92 Å². The van der Waals surface area contributed by atoms with Gasteiger partial charge in [0.1, 0.15) is 10.7 Å². The average molecular weight is 401 g/mol. The summed E-state index contributed by atoms with van der Waals surface area (Å²) in [5.41, 5.74) is 6.96. The van der Waals surface area contributed by atoms with Gasteiger partial charge in [0.05, 0.1) is 17.5 Å². The number of benzene rings is 2. The van der Waals surface area contributed by atoms with Gasteiger partial charge in [-0.05, 0) is 36.2 Å². The molecule has 1 N–H and O–H groups in total. The minimum Gasteiger partial charge on any atom is -0.279 e. The van der Waals surface area contributed by atoms with E-state index in [1.54, 1.807) is 28.6 Å². The van der Waals surface area contributed by atoms with Crippen LogP contribution in [0.5, 0.6) is 0 Å². The van der Waals surface area contributed by atoms with E-state index >= 15 is 0 Å². The van der Waals surface area contributed by atoms with Gasteiger partial charge in [-0.2, -0.15) is 5.10 Å². The van der Waals surface area contributed by atoms with Gasteiger partial charge in [0, 0.05) is 11.9 Å². The first-order chi connectivity index (χ1) is 14.2. The summed E-state index contributed by atoms with van der Waals surface area (Å²) in [6.45, 7) is 1.96. The van der Waals surface area contributed by atoms with Gasteiger partial charge in [0.2, 0.25) is 0 Å². The monoisotopic (exact) mass is 400 g/mol. The summed E-state index contributed by atoms with van der Waals surface area (Å²) in [6.07, 6.45) is 3.30. The summed E-state index contributed by atoms with van der Waals surface area (Å²) < 4.78 is 1.58. The van der Waals surface area contributed by atoms with E-state index in [-0.39, 0.29) is 5.56 Å². The van der Waals surface area contributed by atoms with Crippen molar-refractivity contribution in [3.63, 3.8) is 0 Å². The summed E-state index contributed by atoms with van der Waals surface area (Å²) in [5, 5.41) is 4.95. The first kappa shape index (κ1) is 19.0. The van der Waals surface area contributed by atoms with Crippen molar-refractivity contribution in [3.05, 3.63) is 106 Å². The lowest BCUT2D eigenvalue weighted by Crippen LogP contribution is -2.21. The number of hydrogen-bond acceptors (Lipinski definition) is 5. The first-order valence-corrected chi connectivity index (χ1v) is 10.2. The molecule has 5 nitrogen and oxygen atoms in total. The highest BCUT2D eigenvalue weighted by Gasteiger charge is 2.13. The third-order valence-electron chi connectivity index (χ3n) is 4.43. The molecule has 0 aliphatic rings. The maximum Gasteiger partial charge on any atom is 0.267 e. The predicted octanol–water partition coefficient (Wildman–Crippen LogP) is 4.74. The van der Waals surface area contributed by atoms with Gasteiger partial charge in [-0.25, -0.2) is 4.98 Å². The molecule has 0 spiro atoms. The lowest BCUT2D eigenvalue weighted by molar-refractivity contribution is 0.967. The van der Waals surface area contributed by atoms with Crippen LogP contribution in [0.25, 0.3) is 5.65 Å². The number of thioether (sulfide) groups is 1. The molecule has 0 saturated carbocycles. The number of aromatic nitrogens is 2.